The van der Waals surface area contributed by atoms with Gasteiger partial charge < -0.3 is 10.1 Å². The van der Waals surface area contributed by atoms with Gasteiger partial charge in [-0.3, -0.25) is 4.79 Å². The topological polar surface area (TPSA) is 62.1 Å². The highest BCUT2D eigenvalue weighted by atomic mass is 127. The Morgan fingerprint density at radius 2 is 1.69 bits per heavy atom. The summed E-state index contributed by atoms with van der Waals surface area (Å²) in [7, 11) is 0. The lowest BCUT2D eigenvalue weighted by Gasteiger charge is -2.07. The number of nitrogens with one attached hydrogen (secondary N) is 1. The summed E-state index contributed by atoms with van der Waals surface area (Å²) in [6.07, 6.45) is 1.54. The fourth-order valence-electron chi connectivity index (χ4n) is 2.45. The van der Waals surface area contributed by atoms with E-state index in [0.29, 0.717) is 23.1 Å². The highest BCUT2D eigenvalue weighted by Crippen LogP contribution is 2.18. The first-order valence-corrected chi connectivity index (χ1v) is 10.2. The van der Waals surface area contributed by atoms with Crippen LogP contribution in [0, 0.1) is 14.9 Å². The number of hydrogen-bond donors (Lipinski definition) is 1. The number of carbonyl (C=O) groups is 1. The van der Waals surface area contributed by atoms with Crippen molar-refractivity contribution in [2.24, 2.45) is 0 Å². The Morgan fingerprint density at radius 1 is 1.03 bits per heavy atom. The molecule has 29 heavy (non-hydrogen) atoms. The molecule has 0 aliphatic rings. The van der Waals surface area contributed by atoms with Crippen molar-refractivity contribution in [3.8, 4) is 11.8 Å². The first kappa shape index (κ1) is 20.9. The summed E-state index contributed by atoms with van der Waals surface area (Å²) in [5.74, 6) is 0.235. The van der Waals surface area contributed by atoms with Crippen LogP contribution in [0.4, 0.5) is 5.69 Å². The largest absolute Gasteiger partial charge is 0.489 e. The predicted molar refractivity (Wildman–Crippen MR) is 124 cm³/mol. The van der Waals surface area contributed by atoms with E-state index >= 15 is 0 Å². The van der Waals surface area contributed by atoms with Gasteiger partial charge in [-0.25, -0.2) is 0 Å². The van der Waals surface area contributed by atoms with Crippen molar-refractivity contribution < 1.29 is 9.53 Å². The molecule has 3 aromatic rings. The van der Waals surface area contributed by atoms with E-state index in [1.54, 1.807) is 36.4 Å². The summed E-state index contributed by atoms with van der Waals surface area (Å²) in [6.45, 7) is 0.471. The molecule has 1 N–H and O–H groups in total. The fourth-order valence-corrected chi connectivity index (χ4v) is 2.94. The van der Waals surface area contributed by atoms with Gasteiger partial charge in [-0.1, -0.05) is 35.9 Å². The molecule has 3 rings (SSSR count). The van der Waals surface area contributed by atoms with Gasteiger partial charge in [0.05, 0.1) is 0 Å². The lowest BCUT2D eigenvalue weighted by molar-refractivity contribution is -0.112. The van der Waals surface area contributed by atoms with Gasteiger partial charge in [0.15, 0.2) is 0 Å². The zero-order chi connectivity index (χ0) is 20.6. The number of rotatable bonds is 6. The SMILES string of the molecule is N#C/C(=C/c1ccc(OCc2ccc(I)cc2)cc1)C(=O)Nc1ccc(Cl)cc1. The number of nitriles is 1. The average molecular weight is 515 g/mol. The summed E-state index contributed by atoms with van der Waals surface area (Å²) in [5.41, 5.74) is 2.39. The molecule has 0 aliphatic heterocycles. The third-order valence-corrected chi connectivity index (χ3v) is 4.95. The Labute approximate surface area is 187 Å². The quantitative estimate of drug-likeness (QED) is 0.247. The second kappa shape index (κ2) is 10.1. The van der Waals surface area contributed by atoms with Crippen LogP contribution in [0.5, 0.6) is 5.75 Å². The zero-order valence-corrected chi connectivity index (χ0v) is 18.1. The van der Waals surface area contributed by atoms with Gasteiger partial charge in [0.1, 0.15) is 24.0 Å². The maximum atomic E-state index is 12.3. The van der Waals surface area contributed by atoms with Crippen LogP contribution in [0.15, 0.2) is 78.4 Å². The van der Waals surface area contributed by atoms with Crippen molar-refractivity contribution in [2.45, 2.75) is 6.61 Å². The molecule has 144 valence electrons. The molecule has 0 heterocycles. The number of halogens is 2. The Hall–Kier alpha value is -2.82. The Bertz CT molecular complexity index is 1050. The lowest BCUT2D eigenvalue weighted by atomic mass is 10.1. The van der Waals surface area contributed by atoms with Crippen molar-refractivity contribution in [3.63, 3.8) is 0 Å². The Balaban J connectivity index is 1.63. The van der Waals surface area contributed by atoms with E-state index in [1.165, 1.54) is 9.65 Å². The summed E-state index contributed by atoms with van der Waals surface area (Å²) >= 11 is 8.10. The average Bonchev–Trinajstić information content (AvgIpc) is 2.74. The van der Waals surface area contributed by atoms with E-state index in [0.717, 1.165) is 11.1 Å². The third-order valence-electron chi connectivity index (χ3n) is 3.98. The number of ether oxygens (including phenoxy) is 1. The summed E-state index contributed by atoms with van der Waals surface area (Å²) in [5, 5.41) is 12.6. The predicted octanol–water partition coefficient (Wildman–Crippen LogP) is 6.07. The molecular formula is C23H16ClIN2O2. The molecule has 0 saturated heterocycles. The first-order chi connectivity index (χ1) is 14.0. The van der Waals surface area contributed by atoms with Gasteiger partial charge in [-0.05, 0) is 88.3 Å². The molecule has 0 aliphatic carbocycles. The molecule has 0 bridgehead atoms. The number of carbonyl (C=O) groups excluding carboxylic acids is 1. The van der Waals surface area contributed by atoms with Crippen molar-refractivity contribution in [3.05, 3.63) is 98.1 Å². The molecule has 0 aromatic heterocycles. The molecule has 1 amide bonds. The maximum Gasteiger partial charge on any atom is 0.266 e. The Morgan fingerprint density at radius 3 is 2.31 bits per heavy atom. The van der Waals surface area contributed by atoms with Gasteiger partial charge in [0, 0.05) is 14.3 Å². The minimum Gasteiger partial charge on any atom is -0.489 e. The summed E-state index contributed by atoms with van der Waals surface area (Å²) < 4.78 is 6.95. The number of benzene rings is 3. The smallest absolute Gasteiger partial charge is 0.266 e. The lowest BCUT2D eigenvalue weighted by Crippen LogP contribution is -2.13. The van der Waals surface area contributed by atoms with Crippen molar-refractivity contribution in [2.75, 3.05) is 5.32 Å². The maximum absolute atomic E-state index is 12.3. The molecule has 0 spiro atoms. The van der Waals surface area contributed by atoms with Crippen LogP contribution in [-0.4, -0.2) is 5.91 Å². The van der Waals surface area contributed by atoms with Crippen molar-refractivity contribution in [1.82, 2.24) is 0 Å². The van der Waals surface area contributed by atoms with Crippen LogP contribution in [0.3, 0.4) is 0 Å². The van der Waals surface area contributed by atoms with Gasteiger partial charge in [-0.15, -0.1) is 0 Å². The number of hydrogen-bond acceptors (Lipinski definition) is 3. The van der Waals surface area contributed by atoms with E-state index < -0.39 is 5.91 Å². The minimum atomic E-state index is -0.478. The number of nitrogens with zero attached hydrogens (tertiary/aromatic N) is 1. The van der Waals surface area contributed by atoms with Crippen LogP contribution in [-0.2, 0) is 11.4 Å². The zero-order valence-electron chi connectivity index (χ0n) is 15.2. The van der Waals surface area contributed by atoms with E-state index in [2.05, 4.69) is 27.9 Å². The van der Waals surface area contributed by atoms with Crippen LogP contribution in [0.2, 0.25) is 5.02 Å². The second-order valence-corrected chi connectivity index (χ2v) is 7.80. The molecule has 0 radical (unpaired) electrons. The Kier molecular flexibility index (Phi) is 7.28. The summed E-state index contributed by atoms with van der Waals surface area (Å²) in [4.78, 5) is 12.3. The van der Waals surface area contributed by atoms with E-state index in [4.69, 9.17) is 16.3 Å². The molecule has 0 fully saturated rings. The van der Waals surface area contributed by atoms with E-state index in [9.17, 15) is 10.1 Å². The highest BCUT2D eigenvalue weighted by molar-refractivity contribution is 14.1. The molecular weight excluding hydrogens is 499 g/mol. The summed E-state index contributed by atoms with van der Waals surface area (Å²) in [6, 6.07) is 24.0. The normalized spacial score (nSPS) is 10.9. The standard InChI is InChI=1S/C23H16ClIN2O2/c24-19-5-9-21(10-6-19)27-23(28)18(14-26)13-16-3-11-22(12-4-16)29-15-17-1-7-20(25)8-2-17/h1-13H,15H2,(H,27,28)/b18-13-. The van der Waals surface area contributed by atoms with Crippen LogP contribution >= 0.6 is 34.2 Å². The van der Waals surface area contributed by atoms with Crippen molar-refractivity contribution >= 4 is 51.9 Å². The monoisotopic (exact) mass is 514 g/mol. The van der Waals surface area contributed by atoms with Gasteiger partial charge >= 0.3 is 0 Å². The van der Waals surface area contributed by atoms with Crippen LogP contribution in [0.1, 0.15) is 11.1 Å². The minimum absolute atomic E-state index is 0.00695. The molecule has 3 aromatic carbocycles. The van der Waals surface area contributed by atoms with Gasteiger partial charge in [-0.2, -0.15) is 5.26 Å². The number of amides is 1. The van der Waals surface area contributed by atoms with E-state index in [-0.39, 0.29) is 5.57 Å². The number of anilines is 1. The van der Waals surface area contributed by atoms with Gasteiger partial charge in [0.25, 0.3) is 5.91 Å². The molecule has 0 saturated carbocycles. The van der Waals surface area contributed by atoms with Crippen LogP contribution < -0.4 is 10.1 Å². The fraction of sp³-hybridized carbons (Fsp3) is 0.0435. The molecule has 0 atom stereocenters. The first-order valence-electron chi connectivity index (χ1n) is 8.69. The molecule has 4 nitrogen and oxygen atoms in total. The molecule has 0 unspecified atom stereocenters. The highest BCUT2D eigenvalue weighted by Gasteiger charge is 2.09. The van der Waals surface area contributed by atoms with Gasteiger partial charge in [0.2, 0.25) is 0 Å². The molecule has 6 heteroatoms. The van der Waals surface area contributed by atoms with Crippen molar-refractivity contribution in [1.29, 1.82) is 5.26 Å². The van der Waals surface area contributed by atoms with E-state index in [1.807, 2.05) is 42.5 Å². The third kappa shape index (κ3) is 6.34. The second-order valence-electron chi connectivity index (χ2n) is 6.12. The van der Waals surface area contributed by atoms with Crippen LogP contribution in [0.25, 0.3) is 6.08 Å².